The predicted octanol–water partition coefficient (Wildman–Crippen LogP) is 2.68. The second-order valence-electron chi connectivity index (χ2n) is 4.54. The molecule has 0 aromatic carbocycles. The quantitative estimate of drug-likeness (QED) is 0.468. The van der Waals surface area contributed by atoms with Gasteiger partial charge in [0.25, 0.3) is 0 Å². The average molecular weight is 201 g/mol. The van der Waals surface area contributed by atoms with Crippen LogP contribution in [0.3, 0.4) is 0 Å². The minimum atomic E-state index is -0.544. The summed E-state index contributed by atoms with van der Waals surface area (Å²) in [7, 11) is 0. The third-order valence-electron chi connectivity index (χ3n) is 2.55. The first-order valence-corrected chi connectivity index (χ1v) is 5.66. The molecule has 0 aliphatic carbocycles. The number of hydrogen-bond donors (Lipinski definition) is 2. The summed E-state index contributed by atoms with van der Waals surface area (Å²) in [5.41, 5.74) is -0.544. The van der Waals surface area contributed by atoms with E-state index < -0.39 is 5.60 Å². The van der Waals surface area contributed by atoms with Crippen molar-refractivity contribution in [2.24, 2.45) is 0 Å². The molecular formula is C12H25O2-. The van der Waals surface area contributed by atoms with E-state index in [4.69, 9.17) is 5.11 Å². The molecule has 0 bridgehead atoms. The first-order chi connectivity index (χ1) is 6.48. The van der Waals surface area contributed by atoms with Crippen LogP contribution in [0.5, 0.6) is 0 Å². The summed E-state index contributed by atoms with van der Waals surface area (Å²) in [6.07, 6.45) is 7.36. The molecule has 2 atom stereocenters. The summed E-state index contributed by atoms with van der Waals surface area (Å²) >= 11 is 0. The van der Waals surface area contributed by atoms with Crippen LogP contribution in [0.15, 0.2) is 0 Å². The fraction of sp³-hybridized carbons (Fsp3) is 0.917. The van der Waals surface area contributed by atoms with E-state index in [2.05, 4.69) is 6.42 Å². The van der Waals surface area contributed by atoms with Crippen molar-refractivity contribution in [3.05, 3.63) is 6.42 Å². The monoisotopic (exact) mass is 201 g/mol. The SMILES string of the molecule is C[CH-]CCCC(C)(O)CCCC(C)O. The molecule has 0 aliphatic rings. The van der Waals surface area contributed by atoms with Gasteiger partial charge in [-0.15, -0.1) is 0 Å². The van der Waals surface area contributed by atoms with Crippen molar-refractivity contribution in [3.63, 3.8) is 0 Å². The van der Waals surface area contributed by atoms with E-state index in [0.717, 1.165) is 38.5 Å². The van der Waals surface area contributed by atoms with Gasteiger partial charge in [0.15, 0.2) is 0 Å². The second-order valence-corrected chi connectivity index (χ2v) is 4.54. The molecule has 0 radical (unpaired) electrons. The molecule has 2 heteroatoms. The minimum Gasteiger partial charge on any atom is -0.393 e. The number of unbranched alkanes of at least 4 members (excludes halogenated alkanes) is 2. The number of aliphatic hydroxyl groups excluding tert-OH is 1. The normalized spacial score (nSPS) is 17.8. The van der Waals surface area contributed by atoms with Crippen molar-refractivity contribution < 1.29 is 10.2 Å². The van der Waals surface area contributed by atoms with Crippen LogP contribution in [0.2, 0.25) is 0 Å². The van der Waals surface area contributed by atoms with Crippen LogP contribution in [0.4, 0.5) is 0 Å². The molecule has 2 unspecified atom stereocenters. The zero-order valence-corrected chi connectivity index (χ0v) is 9.79. The van der Waals surface area contributed by atoms with Gasteiger partial charge in [0.05, 0.1) is 11.7 Å². The Morgan fingerprint density at radius 1 is 1.29 bits per heavy atom. The summed E-state index contributed by atoms with van der Waals surface area (Å²) in [6, 6.07) is 0. The molecule has 0 fully saturated rings. The molecule has 0 aromatic rings. The molecule has 0 aliphatic heterocycles. The van der Waals surface area contributed by atoms with Crippen LogP contribution in [-0.4, -0.2) is 21.9 Å². The van der Waals surface area contributed by atoms with Gasteiger partial charge in [-0.25, -0.2) is 0 Å². The molecule has 0 saturated carbocycles. The van der Waals surface area contributed by atoms with E-state index in [1.807, 2.05) is 13.8 Å². The van der Waals surface area contributed by atoms with Crippen LogP contribution >= 0.6 is 0 Å². The molecule has 0 amide bonds. The van der Waals surface area contributed by atoms with Gasteiger partial charge in [0.2, 0.25) is 0 Å². The third kappa shape index (κ3) is 8.52. The molecule has 0 rings (SSSR count). The molecule has 2 N–H and O–H groups in total. The predicted molar refractivity (Wildman–Crippen MR) is 60.0 cm³/mol. The lowest BCUT2D eigenvalue weighted by Gasteiger charge is -2.24. The summed E-state index contributed by atoms with van der Waals surface area (Å²) < 4.78 is 0. The van der Waals surface area contributed by atoms with Crippen molar-refractivity contribution in [2.75, 3.05) is 0 Å². The van der Waals surface area contributed by atoms with Gasteiger partial charge >= 0.3 is 0 Å². The van der Waals surface area contributed by atoms with Crippen LogP contribution in [-0.2, 0) is 0 Å². The highest BCUT2D eigenvalue weighted by Crippen LogP contribution is 2.21. The Labute approximate surface area is 88.3 Å². The first kappa shape index (κ1) is 13.9. The maximum Gasteiger partial charge on any atom is 0.0618 e. The van der Waals surface area contributed by atoms with Gasteiger partial charge < -0.3 is 16.6 Å². The number of aliphatic hydroxyl groups is 2. The molecule has 14 heavy (non-hydrogen) atoms. The summed E-state index contributed by atoms with van der Waals surface area (Å²) in [4.78, 5) is 0. The third-order valence-corrected chi connectivity index (χ3v) is 2.55. The van der Waals surface area contributed by atoms with Gasteiger partial charge in [-0.1, -0.05) is 6.42 Å². The van der Waals surface area contributed by atoms with Gasteiger partial charge in [-0.2, -0.15) is 13.3 Å². The smallest absolute Gasteiger partial charge is 0.0618 e. The average Bonchev–Trinajstić information content (AvgIpc) is 2.03. The van der Waals surface area contributed by atoms with Crippen LogP contribution in [0.25, 0.3) is 0 Å². The minimum absolute atomic E-state index is 0.241. The Hall–Kier alpha value is -0.0800. The lowest BCUT2D eigenvalue weighted by Crippen LogP contribution is -2.24. The van der Waals surface area contributed by atoms with E-state index in [1.165, 1.54) is 0 Å². The molecule has 0 spiro atoms. The molecule has 0 heterocycles. The van der Waals surface area contributed by atoms with E-state index >= 15 is 0 Å². The summed E-state index contributed by atoms with van der Waals surface area (Å²) in [5.74, 6) is 0. The molecule has 0 saturated heterocycles. The van der Waals surface area contributed by atoms with Crippen molar-refractivity contribution in [1.29, 1.82) is 0 Å². The second kappa shape index (κ2) is 7.24. The number of hydrogen-bond acceptors (Lipinski definition) is 2. The highest BCUT2D eigenvalue weighted by molar-refractivity contribution is 4.73. The zero-order chi connectivity index (χ0) is 11.0. The largest absolute Gasteiger partial charge is 0.393 e. The van der Waals surface area contributed by atoms with Crippen LogP contribution in [0.1, 0.15) is 59.3 Å². The summed E-state index contributed by atoms with van der Waals surface area (Å²) in [6.45, 7) is 5.73. The Morgan fingerprint density at radius 3 is 2.36 bits per heavy atom. The van der Waals surface area contributed by atoms with E-state index in [1.54, 1.807) is 6.92 Å². The fourth-order valence-corrected chi connectivity index (χ4v) is 1.59. The lowest BCUT2D eigenvalue weighted by molar-refractivity contribution is 0.0341. The van der Waals surface area contributed by atoms with Crippen molar-refractivity contribution in [3.8, 4) is 0 Å². The van der Waals surface area contributed by atoms with E-state index in [-0.39, 0.29) is 6.10 Å². The Kier molecular flexibility index (Phi) is 7.20. The fourth-order valence-electron chi connectivity index (χ4n) is 1.59. The summed E-state index contributed by atoms with van der Waals surface area (Å²) in [5, 5.41) is 19.0. The van der Waals surface area contributed by atoms with Gasteiger partial charge in [-0.05, 0) is 39.5 Å². The van der Waals surface area contributed by atoms with Gasteiger partial charge in [0, 0.05) is 0 Å². The zero-order valence-electron chi connectivity index (χ0n) is 9.79. The first-order valence-electron chi connectivity index (χ1n) is 5.66. The number of rotatable bonds is 8. The Balaban J connectivity index is 3.50. The van der Waals surface area contributed by atoms with Crippen LogP contribution in [0, 0.1) is 6.42 Å². The van der Waals surface area contributed by atoms with E-state index in [0.29, 0.717) is 0 Å². The van der Waals surface area contributed by atoms with Gasteiger partial charge in [0.1, 0.15) is 0 Å². The Bertz CT molecular complexity index is 130. The van der Waals surface area contributed by atoms with Crippen molar-refractivity contribution in [1.82, 2.24) is 0 Å². The highest BCUT2D eigenvalue weighted by atomic mass is 16.3. The molecule has 0 aromatic heterocycles. The Morgan fingerprint density at radius 2 is 1.86 bits per heavy atom. The highest BCUT2D eigenvalue weighted by Gasteiger charge is 2.18. The standard InChI is InChI=1S/C12H25O2/c1-4-5-6-9-12(3,14)10-7-8-11(2)13/h4,11,13-14H,5-10H2,1-3H3/q-1. The van der Waals surface area contributed by atoms with E-state index in [9.17, 15) is 5.11 Å². The van der Waals surface area contributed by atoms with Crippen molar-refractivity contribution in [2.45, 2.75) is 71.0 Å². The maximum absolute atomic E-state index is 9.96. The molecule has 2 nitrogen and oxygen atoms in total. The molecular weight excluding hydrogens is 176 g/mol. The topological polar surface area (TPSA) is 40.5 Å². The molecule has 86 valence electrons. The van der Waals surface area contributed by atoms with Crippen molar-refractivity contribution >= 4 is 0 Å². The maximum atomic E-state index is 9.96. The van der Waals surface area contributed by atoms with Gasteiger partial charge in [-0.3, -0.25) is 0 Å². The lowest BCUT2D eigenvalue weighted by atomic mass is 9.92. The van der Waals surface area contributed by atoms with Crippen LogP contribution < -0.4 is 0 Å².